The number of methoxy groups -OCH3 is 2. The first-order valence-corrected chi connectivity index (χ1v) is 24.8. The number of amides is 4. The van der Waals surface area contributed by atoms with Crippen molar-refractivity contribution in [1.82, 2.24) is 51.2 Å². The quantitative estimate of drug-likeness (QED) is 0.0447. The number of anilines is 1. The maximum Gasteiger partial charge on any atom is 0.407 e. The molecular formula is C52H61F8N11O8. The van der Waals surface area contributed by atoms with E-state index in [-0.39, 0.29) is 17.4 Å². The van der Waals surface area contributed by atoms with Crippen molar-refractivity contribution in [2.24, 2.45) is 10.8 Å². The number of hydrazine groups is 1. The van der Waals surface area contributed by atoms with Gasteiger partial charge < -0.3 is 40.2 Å². The summed E-state index contributed by atoms with van der Waals surface area (Å²) in [6.45, 7) is 6.24. The number of hydrogen-bond donors (Lipinski definition) is 5. The molecule has 2 aromatic carbocycles. The number of ether oxygens (including phenoxy) is 3. The monoisotopic (exact) mass is 1120 g/mol. The van der Waals surface area contributed by atoms with Crippen molar-refractivity contribution in [3.63, 3.8) is 0 Å². The summed E-state index contributed by atoms with van der Waals surface area (Å²) >= 11 is 0. The summed E-state index contributed by atoms with van der Waals surface area (Å²) in [7, 11) is 1.65. The maximum absolute atomic E-state index is 16.0. The number of carbonyl (C=O) groups is 4. The normalized spacial score (nSPS) is 17.0. The Morgan fingerprint density at radius 1 is 0.797 bits per heavy atom. The van der Waals surface area contributed by atoms with Crippen molar-refractivity contribution in [2.75, 3.05) is 58.5 Å². The van der Waals surface area contributed by atoms with Crippen LogP contribution in [0.2, 0.25) is 0 Å². The Hall–Kier alpha value is -7.28. The number of aliphatic hydroxyl groups is 1. The van der Waals surface area contributed by atoms with Crippen molar-refractivity contribution in [2.45, 2.75) is 103 Å². The molecule has 5 N–H and O–H groups in total. The summed E-state index contributed by atoms with van der Waals surface area (Å²) in [6, 6.07) is 3.14. The fourth-order valence-corrected chi connectivity index (χ4v) is 8.54. The van der Waals surface area contributed by atoms with Gasteiger partial charge in [0.05, 0.1) is 62.0 Å². The van der Waals surface area contributed by atoms with Gasteiger partial charge in [-0.2, -0.15) is 26.3 Å². The molecular weight excluding hydrogens is 1060 g/mol. The van der Waals surface area contributed by atoms with Crippen molar-refractivity contribution in [3.05, 3.63) is 101 Å². The number of piperazine rings is 1. The first kappa shape index (κ1) is 60.9. The second-order valence-electron chi connectivity index (χ2n) is 20.0. The first-order chi connectivity index (χ1) is 37.2. The average Bonchev–Trinajstić information content (AvgIpc) is 3.41. The molecule has 428 valence electrons. The van der Waals surface area contributed by atoms with Gasteiger partial charge >= 0.3 is 24.5 Å². The summed E-state index contributed by atoms with van der Waals surface area (Å²) in [4.78, 5) is 74.5. The molecule has 19 nitrogen and oxygen atoms in total. The van der Waals surface area contributed by atoms with Gasteiger partial charge in [-0.1, -0.05) is 30.9 Å². The predicted molar refractivity (Wildman–Crippen MR) is 268 cm³/mol. The Morgan fingerprint density at radius 2 is 1.34 bits per heavy atom. The van der Waals surface area contributed by atoms with E-state index in [9.17, 15) is 50.6 Å². The zero-order valence-corrected chi connectivity index (χ0v) is 44.1. The molecule has 27 heteroatoms. The third-order valence-corrected chi connectivity index (χ3v) is 13.9. The number of alkyl carbamates (subject to hydrolysis) is 2. The molecule has 4 amide bonds. The van der Waals surface area contributed by atoms with Crippen LogP contribution in [0, 0.1) is 34.3 Å². The van der Waals surface area contributed by atoms with Gasteiger partial charge in [0, 0.05) is 80.2 Å². The molecule has 0 unspecified atom stereocenters. The van der Waals surface area contributed by atoms with E-state index in [1.165, 1.54) is 30.6 Å². The van der Waals surface area contributed by atoms with E-state index in [1.807, 2.05) is 10.6 Å². The van der Waals surface area contributed by atoms with Crippen LogP contribution in [0.1, 0.15) is 63.3 Å². The van der Waals surface area contributed by atoms with Gasteiger partial charge in [-0.05, 0) is 76.4 Å². The van der Waals surface area contributed by atoms with Gasteiger partial charge in [0.25, 0.3) is 5.91 Å². The van der Waals surface area contributed by atoms with Crippen LogP contribution in [0.5, 0.6) is 0 Å². The van der Waals surface area contributed by atoms with E-state index in [4.69, 9.17) is 4.74 Å². The Labute approximate surface area is 450 Å². The molecule has 2 fully saturated rings. The van der Waals surface area contributed by atoms with Crippen LogP contribution in [0.15, 0.2) is 67.3 Å². The number of halogens is 8. The Bertz CT molecular complexity index is 2790. The minimum atomic E-state index is -5.19. The number of rotatable bonds is 19. The summed E-state index contributed by atoms with van der Waals surface area (Å²) in [5, 5.41) is 18.7. The molecule has 0 spiro atoms. The fraction of sp³-hybridized carbons (Fsp3) is 0.500. The predicted octanol–water partition coefficient (Wildman–Crippen LogP) is 5.46. The average molecular weight is 1120 g/mol. The number of carbonyl (C=O) groups excluding carboxylic acids is 4. The highest BCUT2D eigenvalue weighted by molar-refractivity contribution is 5.87. The van der Waals surface area contributed by atoms with Crippen LogP contribution < -0.4 is 26.3 Å². The molecule has 2 aliphatic rings. The van der Waals surface area contributed by atoms with Gasteiger partial charge in [0.2, 0.25) is 11.9 Å². The molecule has 0 bridgehead atoms. The van der Waals surface area contributed by atoms with Crippen LogP contribution in [-0.2, 0) is 36.8 Å². The van der Waals surface area contributed by atoms with Crippen LogP contribution in [0.4, 0.5) is 50.7 Å². The molecule has 4 heterocycles. The van der Waals surface area contributed by atoms with Crippen molar-refractivity contribution in [1.29, 1.82) is 0 Å². The van der Waals surface area contributed by atoms with Crippen LogP contribution in [-0.4, -0.2) is 161 Å². The first-order valence-electron chi connectivity index (χ1n) is 24.8. The minimum Gasteiger partial charge on any atom is -0.453 e. The number of alkyl halides is 6. The molecule has 2 saturated heterocycles. The van der Waals surface area contributed by atoms with E-state index < -0.39 is 108 Å². The summed E-state index contributed by atoms with van der Waals surface area (Å²) in [6.07, 6.45) is -9.13. The minimum absolute atomic E-state index is 0.101. The van der Waals surface area contributed by atoms with Crippen molar-refractivity contribution in [3.8, 4) is 23.2 Å². The van der Waals surface area contributed by atoms with E-state index in [2.05, 4.69) is 68.7 Å². The van der Waals surface area contributed by atoms with Crippen molar-refractivity contribution >= 4 is 29.9 Å². The fourth-order valence-electron chi connectivity index (χ4n) is 8.54. The largest absolute Gasteiger partial charge is 0.453 e. The van der Waals surface area contributed by atoms with Crippen LogP contribution in [0.25, 0.3) is 11.4 Å². The standard InChI is InChI=1S/C52H61F8N11O8/c1-8-34-25-69(35-28-79-29-35)18-19-71(34)46-63-23-32(24-64-46)15-12-30-10-13-31(14-11-30)20-39(65-44(73)41(66-47(75)77-6)49(2,3)51(55,56)57)40(72)27-70(68-45(74)42(67-48(76)78-7)50(4,5)52(58,59)60)26-36-37(53)21-33(22-38(36)54)43-61-16-9-17-62-43/h9-11,13-14,16-17,21-24,34-35,39-42,72H,8,18-20,25-29H2,1-7H3,(H,65,73)(H,66,75)(H,67,76)(H,68,74)/t34-,39+,40+,41-,42-/m1/s1. The van der Waals surface area contributed by atoms with Crippen molar-refractivity contribution < 1.29 is 73.6 Å². The lowest BCUT2D eigenvalue weighted by Gasteiger charge is -2.46. The van der Waals surface area contributed by atoms with Gasteiger partial charge in [0.1, 0.15) is 23.7 Å². The Balaban J connectivity index is 1.32. The summed E-state index contributed by atoms with van der Waals surface area (Å²) in [5.41, 5.74) is -3.73. The smallest absolute Gasteiger partial charge is 0.407 e. The third-order valence-electron chi connectivity index (χ3n) is 13.9. The highest BCUT2D eigenvalue weighted by atomic mass is 19.4. The molecule has 2 aromatic heterocycles. The zero-order valence-electron chi connectivity index (χ0n) is 44.1. The molecule has 0 aliphatic carbocycles. The number of hydrogen-bond acceptors (Lipinski definition) is 15. The molecule has 6 rings (SSSR count). The van der Waals surface area contributed by atoms with E-state index in [0.29, 0.717) is 61.4 Å². The summed E-state index contributed by atoms with van der Waals surface area (Å²) in [5.74, 6) is 0.731. The second-order valence-corrected chi connectivity index (χ2v) is 20.0. The molecule has 4 aromatic rings. The number of benzene rings is 2. The number of aliphatic hydroxyl groups excluding tert-OH is 1. The van der Waals surface area contributed by atoms with E-state index in [1.54, 1.807) is 24.5 Å². The van der Waals surface area contributed by atoms with Gasteiger partial charge in [-0.3, -0.25) is 19.9 Å². The molecule has 5 atom stereocenters. The maximum atomic E-state index is 16.0. The van der Waals surface area contributed by atoms with Crippen LogP contribution in [0.3, 0.4) is 0 Å². The van der Waals surface area contributed by atoms with Gasteiger partial charge in [0.15, 0.2) is 5.82 Å². The Kier molecular flexibility index (Phi) is 19.8. The van der Waals surface area contributed by atoms with Gasteiger partial charge in [-0.25, -0.2) is 43.3 Å². The lowest BCUT2D eigenvalue weighted by molar-refractivity contribution is -0.221. The molecule has 79 heavy (non-hydrogen) atoms. The highest BCUT2D eigenvalue weighted by Crippen LogP contribution is 2.42. The Morgan fingerprint density at radius 3 is 1.85 bits per heavy atom. The third kappa shape index (κ3) is 15.1. The number of nitrogens with one attached hydrogen (secondary N) is 4. The summed E-state index contributed by atoms with van der Waals surface area (Å²) < 4.78 is 134. The lowest BCUT2D eigenvalue weighted by atomic mass is 9.82. The molecule has 0 saturated carbocycles. The molecule has 2 aliphatic heterocycles. The van der Waals surface area contributed by atoms with Gasteiger partial charge in [-0.15, -0.1) is 0 Å². The second kappa shape index (κ2) is 25.7. The zero-order chi connectivity index (χ0) is 58.0. The topological polar surface area (TPSA) is 226 Å². The van der Waals surface area contributed by atoms with Crippen LogP contribution >= 0.6 is 0 Å². The highest BCUT2D eigenvalue weighted by Gasteiger charge is 2.57. The number of nitrogens with zero attached hydrogens (tertiary/aromatic N) is 7. The SMILES string of the molecule is CC[C@@H]1CN(C2COC2)CCN1c1ncc(C#Cc2ccc(C[C@H](NC(=O)[C@@H](NC(=O)OC)C(C)(C)C(F)(F)F)[C@@H](O)CN(Cc3c(F)cc(-c4ncccn4)cc3F)NC(=O)[C@@H](NC(=O)OC)C(C)(C)C(F)(F)F)cc2)cn1. The molecule has 0 radical (unpaired) electrons. The van der Waals surface area contributed by atoms with E-state index >= 15 is 8.78 Å². The lowest BCUT2D eigenvalue weighted by Crippen LogP contribution is -2.63. The number of aromatic nitrogens is 4. The van der Waals surface area contributed by atoms with E-state index in [0.717, 1.165) is 65.6 Å².